The lowest BCUT2D eigenvalue weighted by atomic mass is 9.79. The Balaban J connectivity index is 0. The molecular weight excluding hydrogens is 696 g/mol. The van der Waals surface area contributed by atoms with Crippen molar-refractivity contribution in [1.29, 1.82) is 0 Å². The van der Waals surface area contributed by atoms with Crippen LogP contribution in [0, 0.1) is 17.8 Å². The monoisotopic (exact) mass is 764 g/mol. The topological polar surface area (TPSA) is 158 Å². The van der Waals surface area contributed by atoms with E-state index in [2.05, 4.69) is 11.3 Å². The first-order chi connectivity index (χ1) is 26.1. The molecule has 1 aliphatic carbocycles. The summed E-state index contributed by atoms with van der Waals surface area (Å²) in [5.41, 5.74) is 0. The smallest absolute Gasteiger partial charge is 0.330 e. The molecule has 12 heteroatoms. The van der Waals surface area contributed by atoms with E-state index in [-0.39, 0.29) is 18.4 Å². The molecular formula is C42H68O12. The van der Waals surface area contributed by atoms with E-state index in [0.717, 1.165) is 77.0 Å². The second-order valence-electron chi connectivity index (χ2n) is 12.4. The summed E-state index contributed by atoms with van der Waals surface area (Å²) in [7, 11) is 0. The van der Waals surface area contributed by atoms with Gasteiger partial charge in [-0.25, -0.2) is 14.4 Å². The second-order valence-corrected chi connectivity index (χ2v) is 12.4. The summed E-state index contributed by atoms with van der Waals surface area (Å²) in [6.45, 7) is 17.8. The highest BCUT2D eigenvalue weighted by molar-refractivity contribution is 5.86. The lowest BCUT2D eigenvalue weighted by molar-refractivity contribution is -0.161. The fourth-order valence-electron chi connectivity index (χ4n) is 4.18. The SMILES string of the molecule is C=CC(=O)OCCCC.CCCCOC(=O)/C=C/C=C/C(=O)OCCCC.CCCCOC(=O)C1C=CC(C(=O)OCCCC)C(C(=O)OCCCC)C1. The minimum Gasteiger partial charge on any atom is -0.465 e. The van der Waals surface area contributed by atoms with Crippen LogP contribution in [0.15, 0.2) is 49.1 Å². The number of carbonyl (C=O) groups is 6. The van der Waals surface area contributed by atoms with Crippen LogP contribution in [0.3, 0.4) is 0 Å². The van der Waals surface area contributed by atoms with Gasteiger partial charge in [0.1, 0.15) is 0 Å². The highest BCUT2D eigenvalue weighted by atomic mass is 16.6. The van der Waals surface area contributed by atoms with E-state index in [4.69, 9.17) is 23.7 Å². The van der Waals surface area contributed by atoms with Gasteiger partial charge in [-0.15, -0.1) is 0 Å². The summed E-state index contributed by atoms with van der Waals surface area (Å²) >= 11 is 0. The molecule has 0 aromatic heterocycles. The first-order valence-corrected chi connectivity index (χ1v) is 19.7. The van der Waals surface area contributed by atoms with Crippen molar-refractivity contribution >= 4 is 35.8 Å². The molecule has 0 spiro atoms. The normalized spacial score (nSPS) is 15.9. The number of esters is 6. The van der Waals surface area contributed by atoms with Crippen molar-refractivity contribution in [1.82, 2.24) is 0 Å². The summed E-state index contributed by atoms with van der Waals surface area (Å²) in [6.07, 6.45) is 20.9. The Morgan fingerprint density at radius 3 is 1.24 bits per heavy atom. The van der Waals surface area contributed by atoms with E-state index >= 15 is 0 Å². The molecule has 0 saturated heterocycles. The van der Waals surface area contributed by atoms with Crippen molar-refractivity contribution in [2.75, 3.05) is 39.6 Å². The predicted octanol–water partition coefficient (Wildman–Crippen LogP) is 8.13. The Bertz CT molecular complexity index is 1110. The van der Waals surface area contributed by atoms with Crippen molar-refractivity contribution in [3.05, 3.63) is 49.1 Å². The minimum atomic E-state index is -0.718. The molecule has 0 heterocycles. The van der Waals surface area contributed by atoms with E-state index < -0.39 is 41.6 Å². The molecule has 12 nitrogen and oxygen atoms in total. The van der Waals surface area contributed by atoms with Crippen molar-refractivity contribution in [2.45, 2.75) is 125 Å². The molecule has 0 saturated carbocycles. The van der Waals surface area contributed by atoms with Crippen LogP contribution in [0.5, 0.6) is 0 Å². The van der Waals surface area contributed by atoms with Crippen LogP contribution in [0.2, 0.25) is 0 Å². The van der Waals surface area contributed by atoms with Crippen molar-refractivity contribution in [3.8, 4) is 0 Å². The first kappa shape index (κ1) is 51.9. The van der Waals surface area contributed by atoms with E-state index in [1.54, 1.807) is 12.2 Å². The van der Waals surface area contributed by atoms with Gasteiger partial charge >= 0.3 is 35.8 Å². The van der Waals surface area contributed by atoms with Gasteiger partial charge in [0.2, 0.25) is 0 Å². The van der Waals surface area contributed by atoms with Crippen LogP contribution >= 0.6 is 0 Å². The van der Waals surface area contributed by atoms with Crippen LogP contribution in [-0.2, 0) is 57.2 Å². The third kappa shape index (κ3) is 29.3. The average molecular weight is 765 g/mol. The highest BCUT2D eigenvalue weighted by Crippen LogP contribution is 2.31. The Morgan fingerprint density at radius 1 is 0.500 bits per heavy atom. The van der Waals surface area contributed by atoms with Crippen LogP contribution in [0.1, 0.15) is 125 Å². The van der Waals surface area contributed by atoms with Crippen LogP contribution < -0.4 is 0 Å². The molecule has 0 aliphatic heterocycles. The van der Waals surface area contributed by atoms with Gasteiger partial charge in [0.05, 0.1) is 57.4 Å². The number of unbranched alkanes of at least 4 members (excludes halogenated alkanes) is 6. The van der Waals surface area contributed by atoms with Gasteiger partial charge in [0.15, 0.2) is 0 Å². The van der Waals surface area contributed by atoms with Crippen LogP contribution in [0.25, 0.3) is 0 Å². The largest absolute Gasteiger partial charge is 0.465 e. The number of hydrogen-bond acceptors (Lipinski definition) is 12. The molecule has 54 heavy (non-hydrogen) atoms. The molecule has 0 N–H and O–H groups in total. The van der Waals surface area contributed by atoms with Crippen LogP contribution in [0.4, 0.5) is 0 Å². The maximum Gasteiger partial charge on any atom is 0.330 e. The number of allylic oxidation sites excluding steroid dienone is 2. The van der Waals surface area contributed by atoms with Gasteiger partial charge < -0.3 is 28.4 Å². The van der Waals surface area contributed by atoms with Crippen molar-refractivity contribution < 1.29 is 57.2 Å². The highest BCUT2D eigenvalue weighted by Gasteiger charge is 2.40. The molecule has 0 bridgehead atoms. The Hall–Kier alpha value is -4.22. The van der Waals surface area contributed by atoms with E-state index in [1.807, 2.05) is 41.5 Å². The lowest BCUT2D eigenvalue weighted by Gasteiger charge is -2.28. The number of hydrogen-bond donors (Lipinski definition) is 0. The van der Waals surface area contributed by atoms with Gasteiger partial charge in [-0.3, -0.25) is 14.4 Å². The fraction of sp³-hybridized carbons (Fsp3) is 0.667. The minimum absolute atomic E-state index is 0.208. The summed E-state index contributed by atoms with van der Waals surface area (Å²) in [4.78, 5) is 69.8. The number of carbonyl (C=O) groups excluding carboxylic acids is 6. The van der Waals surface area contributed by atoms with Gasteiger partial charge in [0.25, 0.3) is 0 Å². The molecule has 0 fully saturated rings. The molecule has 1 rings (SSSR count). The summed E-state index contributed by atoms with van der Waals surface area (Å²) in [5, 5.41) is 0. The zero-order valence-electron chi connectivity index (χ0n) is 33.8. The maximum absolute atomic E-state index is 12.5. The predicted molar refractivity (Wildman–Crippen MR) is 208 cm³/mol. The standard InChI is InChI=1S/C21H34O6.C14H22O4.C7H12O2/c1-4-7-12-25-19(22)16-10-11-17(20(23)26-13-8-5-2)18(15-16)21(24)27-14-9-6-3;1-3-5-11-17-13(15)9-7-8-10-14(16)18-12-6-4-2;1-3-5-6-9-7(8)4-2/h10-11,16-18H,4-9,12-15H2,1-3H3;7-10H,3-6,11-12H2,1-2H3;4H,2-3,5-6H2,1H3/b;9-7+,10-8+;. The van der Waals surface area contributed by atoms with Gasteiger partial charge in [-0.1, -0.05) is 111 Å². The summed E-state index contributed by atoms with van der Waals surface area (Å²) in [6, 6.07) is 0. The zero-order chi connectivity index (χ0) is 40.8. The molecule has 308 valence electrons. The molecule has 0 aromatic carbocycles. The Labute approximate surface area is 324 Å². The third-order valence-electron chi connectivity index (χ3n) is 7.57. The maximum atomic E-state index is 12.5. The lowest BCUT2D eigenvalue weighted by Crippen LogP contribution is -2.37. The molecule has 0 amide bonds. The Kier molecular flexibility index (Phi) is 35.7. The quantitative estimate of drug-likeness (QED) is 0.0220. The van der Waals surface area contributed by atoms with E-state index in [0.29, 0.717) is 39.6 Å². The number of rotatable bonds is 25. The van der Waals surface area contributed by atoms with Gasteiger partial charge in [0, 0.05) is 18.2 Å². The number of ether oxygens (including phenoxy) is 6. The molecule has 3 atom stereocenters. The zero-order valence-corrected chi connectivity index (χ0v) is 33.8. The first-order valence-electron chi connectivity index (χ1n) is 19.7. The van der Waals surface area contributed by atoms with Crippen LogP contribution in [-0.4, -0.2) is 75.5 Å². The fourth-order valence-corrected chi connectivity index (χ4v) is 4.18. The van der Waals surface area contributed by atoms with Crippen molar-refractivity contribution in [3.63, 3.8) is 0 Å². The van der Waals surface area contributed by atoms with E-state index in [9.17, 15) is 28.8 Å². The van der Waals surface area contributed by atoms with E-state index in [1.165, 1.54) is 30.4 Å². The molecule has 1 aliphatic rings. The third-order valence-corrected chi connectivity index (χ3v) is 7.57. The summed E-state index contributed by atoms with van der Waals surface area (Å²) in [5.74, 6) is -4.33. The summed E-state index contributed by atoms with van der Waals surface area (Å²) < 4.78 is 30.3. The van der Waals surface area contributed by atoms with Crippen molar-refractivity contribution in [2.24, 2.45) is 17.8 Å². The van der Waals surface area contributed by atoms with Gasteiger partial charge in [-0.2, -0.15) is 0 Å². The average Bonchev–Trinajstić information content (AvgIpc) is 3.17. The molecule has 0 radical (unpaired) electrons. The Morgan fingerprint density at radius 2 is 0.852 bits per heavy atom. The second kappa shape index (κ2) is 37.1. The molecule has 0 aromatic rings. The molecule has 3 unspecified atom stereocenters. The van der Waals surface area contributed by atoms with Gasteiger partial charge in [-0.05, 0) is 44.9 Å².